The molecule has 0 bridgehead atoms. The third-order valence-corrected chi connectivity index (χ3v) is 5.59. The minimum Gasteiger partial charge on any atom is -0.454 e. The van der Waals surface area contributed by atoms with Gasteiger partial charge in [-0.2, -0.15) is 0 Å². The van der Waals surface area contributed by atoms with Crippen molar-refractivity contribution < 1.29 is 18.7 Å². The van der Waals surface area contributed by atoms with E-state index in [4.69, 9.17) is 18.9 Å². The molecule has 0 radical (unpaired) electrons. The number of amides is 1. The lowest BCUT2D eigenvalue weighted by molar-refractivity contribution is -0.121. The van der Waals surface area contributed by atoms with E-state index in [0.717, 1.165) is 28.1 Å². The molecule has 0 saturated heterocycles. The topological polar surface area (TPSA) is 73.6 Å². The molecule has 6 nitrogen and oxygen atoms in total. The molecule has 1 aliphatic heterocycles. The van der Waals surface area contributed by atoms with E-state index in [1.807, 2.05) is 85.8 Å². The molecule has 0 unspecified atom stereocenters. The summed E-state index contributed by atoms with van der Waals surface area (Å²) in [4.78, 5) is 17.4. The molecular formula is C27H24N2O4. The van der Waals surface area contributed by atoms with Gasteiger partial charge in [0.05, 0.1) is 6.04 Å². The summed E-state index contributed by atoms with van der Waals surface area (Å²) in [6, 6.07) is 25.4. The zero-order valence-electron chi connectivity index (χ0n) is 18.3. The van der Waals surface area contributed by atoms with E-state index in [9.17, 15) is 4.79 Å². The Balaban J connectivity index is 1.28. The number of ether oxygens (including phenoxy) is 2. The van der Waals surface area contributed by atoms with E-state index in [1.165, 1.54) is 0 Å². The van der Waals surface area contributed by atoms with Crippen molar-refractivity contribution in [1.29, 1.82) is 0 Å². The Hall–Kier alpha value is -4.06. The Bertz CT molecular complexity index is 1190. The number of aryl methyl sites for hydroxylation is 1. The highest BCUT2D eigenvalue weighted by Crippen LogP contribution is 2.35. The third-order valence-electron chi connectivity index (χ3n) is 5.59. The van der Waals surface area contributed by atoms with Crippen molar-refractivity contribution in [3.63, 3.8) is 0 Å². The van der Waals surface area contributed by atoms with E-state index in [-0.39, 0.29) is 25.2 Å². The van der Waals surface area contributed by atoms with Crippen LogP contribution < -0.4 is 14.8 Å². The molecule has 5 rings (SSSR count). The van der Waals surface area contributed by atoms with Crippen LogP contribution in [-0.4, -0.2) is 17.7 Å². The van der Waals surface area contributed by atoms with Crippen molar-refractivity contribution in [3.05, 3.63) is 90.3 Å². The van der Waals surface area contributed by atoms with Crippen LogP contribution >= 0.6 is 0 Å². The second-order valence-corrected chi connectivity index (χ2v) is 7.92. The first-order chi connectivity index (χ1) is 16.2. The van der Waals surface area contributed by atoms with Gasteiger partial charge in [-0.1, -0.05) is 66.7 Å². The molecule has 1 aliphatic rings. The average molecular weight is 440 g/mol. The van der Waals surface area contributed by atoms with Crippen molar-refractivity contribution in [2.24, 2.45) is 0 Å². The Labute approximate surface area is 192 Å². The quantitative estimate of drug-likeness (QED) is 0.408. The molecule has 0 aliphatic carbocycles. The normalized spacial score (nSPS) is 13.0. The minimum atomic E-state index is -0.156. The Morgan fingerprint density at radius 2 is 1.64 bits per heavy atom. The van der Waals surface area contributed by atoms with Crippen LogP contribution in [0.25, 0.3) is 22.6 Å². The highest BCUT2D eigenvalue weighted by molar-refractivity contribution is 5.78. The molecule has 6 heteroatoms. The summed E-state index contributed by atoms with van der Waals surface area (Å²) in [5.74, 6) is 2.62. The standard InChI is InChI=1S/C27H24N2O4/c1-18(21-12-13-22-23(16-21)32-17-31-22)28-24(30)14-15-25-29-26(19-8-4-2-5-9-19)27(33-25)20-10-6-3-7-11-20/h2-13,16,18H,14-15,17H2,1H3,(H,28,30)/t18-/m0/s1. The molecule has 0 fully saturated rings. The highest BCUT2D eigenvalue weighted by atomic mass is 16.7. The lowest BCUT2D eigenvalue weighted by Gasteiger charge is -2.14. The number of oxazole rings is 1. The van der Waals surface area contributed by atoms with Crippen molar-refractivity contribution in [1.82, 2.24) is 10.3 Å². The highest BCUT2D eigenvalue weighted by Gasteiger charge is 2.19. The van der Waals surface area contributed by atoms with Crippen LogP contribution in [0.3, 0.4) is 0 Å². The molecule has 0 spiro atoms. The fourth-order valence-electron chi connectivity index (χ4n) is 3.85. The molecular weight excluding hydrogens is 416 g/mol. The van der Waals surface area contributed by atoms with Gasteiger partial charge < -0.3 is 19.2 Å². The number of benzene rings is 3. The first kappa shape index (κ1) is 20.8. The number of carbonyl (C=O) groups excluding carboxylic acids is 1. The van der Waals surface area contributed by atoms with Crippen LogP contribution in [0.15, 0.2) is 83.3 Å². The Morgan fingerprint density at radius 1 is 0.939 bits per heavy atom. The van der Waals surface area contributed by atoms with Gasteiger partial charge >= 0.3 is 0 Å². The number of aromatic nitrogens is 1. The summed E-state index contributed by atoms with van der Waals surface area (Å²) < 4.78 is 16.9. The van der Waals surface area contributed by atoms with Gasteiger partial charge in [0.1, 0.15) is 5.69 Å². The van der Waals surface area contributed by atoms with Crippen LogP contribution in [-0.2, 0) is 11.2 Å². The maximum atomic E-state index is 12.6. The van der Waals surface area contributed by atoms with Gasteiger partial charge in [-0.3, -0.25) is 4.79 Å². The van der Waals surface area contributed by atoms with Gasteiger partial charge in [0.15, 0.2) is 23.1 Å². The molecule has 1 aromatic heterocycles. The summed E-state index contributed by atoms with van der Waals surface area (Å²) in [6.07, 6.45) is 0.685. The average Bonchev–Trinajstić information content (AvgIpc) is 3.50. The Morgan fingerprint density at radius 3 is 2.39 bits per heavy atom. The molecule has 166 valence electrons. The molecule has 1 amide bonds. The van der Waals surface area contributed by atoms with Crippen LogP contribution in [0.1, 0.15) is 30.8 Å². The number of rotatable bonds is 7. The monoisotopic (exact) mass is 440 g/mol. The van der Waals surface area contributed by atoms with E-state index >= 15 is 0 Å². The van der Waals surface area contributed by atoms with Gasteiger partial charge in [0.2, 0.25) is 12.7 Å². The number of fused-ring (bicyclic) bond motifs is 1. The van der Waals surface area contributed by atoms with Gasteiger partial charge in [0.25, 0.3) is 0 Å². The van der Waals surface area contributed by atoms with Gasteiger partial charge in [-0.25, -0.2) is 4.98 Å². The minimum absolute atomic E-state index is 0.0686. The fraction of sp³-hybridized carbons (Fsp3) is 0.185. The zero-order chi connectivity index (χ0) is 22.6. The molecule has 1 N–H and O–H groups in total. The summed E-state index contributed by atoms with van der Waals surface area (Å²) in [7, 11) is 0. The summed E-state index contributed by atoms with van der Waals surface area (Å²) >= 11 is 0. The molecule has 1 atom stereocenters. The third kappa shape index (κ3) is 4.60. The predicted octanol–water partition coefficient (Wildman–Crippen LogP) is 5.55. The fourth-order valence-corrected chi connectivity index (χ4v) is 3.85. The van der Waals surface area contributed by atoms with Crippen LogP contribution in [0.4, 0.5) is 0 Å². The summed E-state index contributed by atoms with van der Waals surface area (Å²) in [5.41, 5.74) is 3.68. The van der Waals surface area contributed by atoms with Crippen molar-refractivity contribution in [2.75, 3.05) is 6.79 Å². The first-order valence-electron chi connectivity index (χ1n) is 11.0. The van der Waals surface area contributed by atoms with E-state index in [0.29, 0.717) is 23.8 Å². The maximum absolute atomic E-state index is 12.6. The maximum Gasteiger partial charge on any atom is 0.231 e. The molecule has 2 heterocycles. The van der Waals surface area contributed by atoms with Gasteiger partial charge in [-0.05, 0) is 24.6 Å². The lowest BCUT2D eigenvalue weighted by atomic mass is 10.1. The van der Waals surface area contributed by atoms with E-state index in [2.05, 4.69) is 5.32 Å². The number of carbonyl (C=O) groups is 1. The van der Waals surface area contributed by atoms with Gasteiger partial charge in [0, 0.05) is 24.0 Å². The van der Waals surface area contributed by atoms with Crippen LogP contribution in [0.2, 0.25) is 0 Å². The molecule has 3 aromatic carbocycles. The smallest absolute Gasteiger partial charge is 0.231 e. The van der Waals surface area contributed by atoms with Crippen LogP contribution in [0.5, 0.6) is 11.5 Å². The number of nitrogens with zero attached hydrogens (tertiary/aromatic N) is 1. The second-order valence-electron chi connectivity index (χ2n) is 7.92. The molecule has 33 heavy (non-hydrogen) atoms. The SMILES string of the molecule is C[C@H](NC(=O)CCc1nc(-c2ccccc2)c(-c2ccccc2)o1)c1ccc2c(c1)OCO2. The van der Waals surface area contributed by atoms with Gasteiger partial charge in [-0.15, -0.1) is 0 Å². The van der Waals surface area contributed by atoms with Crippen molar-refractivity contribution >= 4 is 5.91 Å². The van der Waals surface area contributed by atoms with Crippen LogP contribution in [0, 0.1) is 0 Å². The lowest BCUT2D eigenvalue weighted by Crippen LogP contribution is -2.26. The predicted molar refractivity (Wildman–Crippen MR) is 125 cm³/mol. The second kappa shape index (κ2) is 9.20. The Kier molecular flexibility index (Phi) is 5.81. The van der Waals surface area contributed by atoms with Crippen molar-refractivity contribution in [3.8, 4) is 34.1 Å². The summed E-state index contributed by atoms with van der Waals surface area (Å²) in [6.45, 7) is 2.17. The molecule has 0 saturated carbocycles. The number of nitrogens with one attached hydrogen (secondary N) is 1. The van der Waals surface area contributed by atoms with Crippen molar-refractivity contribution in [2.45, 2.75) is 25.8 Å². The number of hydrogen-bond acceptors (Lipinski definition) is 5. The van der Waals surface area contributed by atoms with E-state index in [1.54, 1.807) is 0 Å². The van der Waals surface area contributed by atoms with E-state index < -0.39 is 0 Å². The zero-order valence-corrected chi connectivity index (χ0v) is 18.3. The largest absolute Gasteiger partial charge is 0.454 e. The first-order valence-corrected chi connectivity index (χ1v) is 11.0. The molecule has 4 aromatic rings. The number of hydrogen-bond donors (Lipinski definition) is 1. The summed E-state index contributed by atoms with van der Waals surface area (Å²) in [5, 5.41) is 3.04.